The molecule has 0 heterocycles. The molecular formula is C6H4HgNO4. The topological polar surface area (TPSA) is 90.2 Å². The summed E-state index contributed by atoms with van der Waals surface area (Å²) in [6.07, 6.45) is 3.30. The van der Waals surface area contributed by atoms with Crippen molar-refractivity contribution in [2.45, 2.75) is 0 Å². The summed E-state index contributed by atoms with van der Waals surface area (Å²) in [5.74, 6) is -0.273. The maximum atomic E-state index is 10.4. The predicted octanol–water partition coefficient (Wildman–Crippen LogP) is 0.262. The molecular weight excluding hydrogens is 351 g/mol. The van der Waals surface area contributed by atoms with Crippen LogP contribution in [0.25, 0.3) is 0 Å². The Morgan fingerprint density at radius 2 is 2.00 bits per heavy atom. The van der Waals surface area contributed by atoms with Crippen molar-refractivity contribution in [3.05, 3.63) is 39.8 Å². The molecule has 0 spiro atoms. The van der Waals surface area contributed by atoms with E-state index in [2.05, 4.69) is 5.73 Å². The smallest absolute Gasteiger partial charge is 0.870 e. The summed E-state index contributed by atoms with van der Waals surface area (Å²) < 4.78 is 0. The van der Waals surface area contributed by atoms with Crippen LogP contribution in [0.15, 0.2) is 29.7 Å². The minimum Gasteiger partial charge on any atom is -0.870 e. The fourth-order valence-corrected chi connectivity index (χ4v) is 0.516. The van der Waals surface area contributed by atoms with Gasteiger partial charge in [-0.25, -0.2) is 0 Å². The Labute approximate surface area is 88.4 Å². The Bertz CT molecular complexity index is 288. The molecule has 0 aliphatic heterocycles. The SMILES string of the molecule is O=C1C=C=C([N+](=O)[O-])C=C1.[Hg+].[OH-]. The van der Waals surface area contributed by atoms with E-state index in [-0.39, 0.29) is 44.6 Å². The number of hydrogen-bond donors (Lipinski definition) is 0. The van der Waals surface area contributed by atoms with Crippen LogP contribution in [0.2, 0.25) is 0 Å². The molecule has 0 atom stereocenters. The first kappa shape index (κ1) is 13.8. The Hall–Kier alpha value is -0.775. The number of carbonyl (C=O) groups excluding carboxylic acids is 1. The fourth-order valence-electron chi connectivity index (χ4n) is 0.516. The summed E-state index contributed by atoms with van der Waals surface area (Å²) in [7, 11) is 0. The summed E-state index contributed by atoms with van der Waals surface area (Å²) in [5.41, 5.74) is 2.04. The molecule has 5 nitrogen and oxygen atoms in total. The number of carbonyl (C=O) groups is 1. The zero-order valence-electron chi connectivity index (χ0n) is 6.06. The molecule has 0 saturated heterocycles. The molecule has 1 aliphatic carbocycles. The van der Waals surface area contributed by atoms with Crippen LogP contribution in [0.4, 0.5) is 0 Å². The van der Waals surface area contributed by atoms with Crippen LogP contribution < -0.4 is 0 Å². The number of nitro groups is 1. The molecule has 0 unspecified atom stereocenters. The van der Waals surface area contributed by atoms with E-state index < -0.39 is 4.92 Å². The van der Waals surface area contributed by atoms with Gasteiger partial charge in [0.25, 0.3) is 0 Å². The van der Waals surface area contributed by atoms with Crippen LogP contribution in [-0.2, 0) is 32.5 Å². The summed E-state index contributed by atoms with van der Waals surface area (Å²) in [6, 6.07) is 0. The van der Waals surface area contributed by atoms with E-state index in [0.717, 1.165) is 18.2 Å². The van der Waals surface area contributed by atoms with Crippen LogP contribution >= 0.6 is 0 Å². The molecule has 0 fully saturated rings. The van der Waals surface area contributed by atoms with Crippen molar-refractivity contribution >= 4 is 5.78 Å². The van der Waals surface area contributed by atoms with Crippen LogP contribution in [0.1, 0.15) is 0 Å². The van der Waals surface area contributed by atoms with Gasteiger partial charge in [-0.05, 0) is 11.8 Å². The number of hydrogen-bond acceptors (Lipinski definition) is 4. The largest absolute Gasteiger partial charge is 1.00 e. The third-order valence-corrected chi connectivity index (χ3v) is 0.964. The van der Waals surface area contributed by atoms with Gasteiger partial charge >= 0.3 is 33.4 Å². The second-order valence-electron chi connectivity index (χ2n) is 1.67. The molecule has 1 N–H and O–H groups in total. The van der Waals surface area contributed by atoms with E-state index in [9.17, 15) is 14.9 Å². The monoisotopic (exact) mass is 356 g/mol. The maximum Gasteiger partial charge on any atom is 1.00 e. The maximum absolute atomic E-state index is 10.4. The van der Waals surface area contributed by atoms with E-state index in [1.807, 2.05) is 0 Å². The Morgan fingerprint density at radius 1 is 1.42 bits per heavy atom. The second-order valence-corrected chi connectivity index (χ2v) is 1.67. The molecule has 1 radical (unpaired) electrons. The van der Waals surface area contributed by atoms with Gasteiger partial charge in [0.1, 0.15) is 0 Å². The molecule has 0 aromatic carbocycles. The third kappa shape index (κ3) is 3.57. The van der Waals surface area contributed by atoms with Crippen LogP contribution in [0, 0.1) is 10.1 Å². The molecule has 6 heteroatoms. The molecule has 12 heavy (non-hydrogen) atoms. The zero-order chi connectivity index (χ0) is 7.56. The number of ketones is 1. The van der Waals surface area contributed by atoms with Crippen molar-refractivity contribution in [1.29, 1.82) is 0 Å². The number of rotatable bonds is 1. The van der Waals surface area contributed by atoms with Crippen LogP contribution in [0.3, 0.4) is 0 Å². The summed E-state index contributed by atoms with van der Waals surface area (Å²) >= 11 is 0. The molecule has 1 aliphatic rings. The first-order chi connectivity index (χ1) is 4.70. The quantitative estimate of drug-likeness (QED) is 0.292. The van der Waals surface area contributed by atoms with Gasteiger partial charge in [0.15, 0.2) is 5.78 Å². The Morgan fingerprint density at radius 3 is 2.33 bits per heavy atom. The minimum atomic E-state index is -0.598. The van der Waals surface area contributed by atoms with Gasteiger partial charge in [0, 0.05) is 12.2 Å². The number of nitrogens with zero attached hydrogens (tertiary/aromatic N) is 1. The average Bonchev–Trinajstić information content (AvgIpc) is 1.88. The fraction of sp³-hybridized carbons (Fsp3) is 0. The summed E-state index contributed by atoms with van der Waals surface area (Å²) in [4.78, 5) is 19.8. The van der Waals surface area contributed by atoms with Crippen LogP contribution in [-0.4, -0.2) is 16.2 Å². The zero-order valence-corrected chi connectivity index (χ0v) is 11.6. The normalized spacial score (nSPS) is 12.7. The van der Waals surface area contributed by atoms with Crippen molar-refractivity contribution in [3.63, 3.8) is 0 Å². The summed E-state index contributed by atoms with van der Waals surface area (Å²) in [5, 5.41) is 9.98. The first-order valence-corrected chi connectivity index (χ1v) is 2.53. The summed E-state index contributed by atoms with van der Waals surface area (Å²) in [6.45, 7) is 0. The minimum absolute atomic E-state index is 0. The van der Waals surface area contributed by atoms with Crippen LogP contribution in [0.5, 0.6) is 0 Å². The Balaban J connectivity index is 0. The van der Waals surface area contributed by atoms with E-state index in [0.29, 0.717) is 0 Å². The van der Waals surface area contributed by atoms with Gasteiger partial charge in [-0.3, -0.25) is 14.9 Å². The van der Waals surface area contributed by atoms with Crippen molar-refractivity contribution in [2.75, 3.05) is 0 Å². The van der Waals surface area contributed by atoms with Gasteiger partial charge in [-0.1, -0.05) is 0 Å². The second kappa shape index (κ2) is 5.82. The third-order valence-electron chi connectivity index (χ3n) is 0.964. The molecule has 0 aromatic rings. The van der Waals surface area contributed by atoms with E-state index in [1.165, 1.54) is 0 Å². The molecule has 0 saturated carbocycles. The molecule has 0 amide bonds. The van der Waals surface area contributed by atoms with Crippen molar-refractivity contribution in [3.8, 4) is 0 Å². The van der Waals surface area contributed by atoms with Gasteiger partial charge in [0.05, 0.1) is 4.92 Å². The Kier molecular flexibility index (Phi) is 6.69. The van der Waals surface area contributed by atoms with Crippen molar-refractivity contribution < 1.29 is 42.9 Å². The van der Waals surface area contributed by atoms with Gasteiger partial charge in [0.2, 0.25) is 0 Å². The van der Waals surface area contributed by atoms with E-state index in [4.69, 9.17) is 0 Å². The standard InChI is InChI=1S/C6H3NO3.Hg.H2O/c8-6-3-1-5(2-4-6)7(9)10;;/h1,3-4H;;1H2/q;+1;/p-1. The molecule has 1 rings (SSSR count). The van der Waals surface area contributed by atoms with Gasteiger partial charge < -0.3 is 5.48 Å². The van der Waals surface area contributed by atoms with Crippen molar-refractivity contribution in [2.24, 2.45) is 0 Å². The van der Waals surface area contributed by atoms with E-state index in [1.54, 1.807) is 0 Å². The van der Waals surface area contributed by atoms with Gasteiger partial charge in [-0.2, -0.15) is 0 Å². The van der Waals surface area contributed by atoms with E-state index >= 15 is 0 Å². The average molecular weight is 355 g/mol. The van der Waals surface area contributed by atoms with Crippen molar-refractivity contribution in [1.82, 2.24) is 0 Å². The molecule has 0 aromatic heterocycles. The first-order valence-electron chi connectivity index (χ1n) is 2.53. The number of allylic oxidation sites excluding steroid dienone is 2. The molecule has 59 valence electrons. The predicted molar refractivity (Wildman–Crippen MR) is 34.7 cm³/mol. The van der Waals surface area contributed by atoms with Gasteiger partial charge in [-0.15, -0.1) is 0 Å². The molecule has 0 bridgehead atoms.